The van der Waals surface area contributed by atoms with E-state index in [9.17, 15) is 9.59 Å². The number of fused-ring (bicyclic) bond motifs is 1. The molecule has 1 saturated carbocycles. The Morgan fingerprint density at radius 3 is 2.50 bits per heavy atom. The van der Waals surface area contributed by atoms with Gasteiger partial charge in [0.15, 0.2) is 0 Å². The molecule has 0 bridgehead atoms. The zero-order chi connectivity index (χ0) is 19.8. The van der Waals surface area contributed by atoms with Crippen LogP contribution in [0.3, 0.4) is 0 Å². The van der Waals surface area contributed by atoms with Gasteiger partial charge in [-0.3, -0.25) is 9.59 Å². The molecule has 0 radical (unpaired) electrons. The lowest BCUT2D eigenvalue weighted by molar-refractivity contribution is -0.126. The molecular weight excluding hydrogens is 418 g/mol. The summed E-state index contributed by atoms with van der Waals surface area (Å²) in [5.41, 5.74) is 3.77. The van der Waals surface area contributed by atoms with Gasteiger partial charge in [0.1, 0.15) is 6.04 Å². The fourth-order valence-corrected chi connectivity index (χ4v) is 4.02. The molecular formula is C22H24BrN3O2. The molecule has 0 unspecified atom stereocenters. The van der Waals surface area contributed by atoms with E-state index >= 15 is 0 Å². The van der Waals surface area contributed by atoms with Gasteiger partial charge in [-0.15, -0.1) is 0 Å². The molecule has 5 nitrogen and oxygen atoms in total. The van der Waals surface area contributed by atoms with E-state index in [-0.39, 0.29) is 17.9 Å². The van der Waals surface area contributed by atoms with Gasteiger partial charge >= 0.3 is 0 Å². The van der Waals surface area contributed by atoms with Crippen molar-refractivity contribution in [3.8, 4) is 0 Å². The van der Waals surface area contributed by atoms with Gasteiger partial charge in [0.2, 0.25) is 5.91 Å². The summed E-state index contributed by atoms with van der Waals surface area (Å²) in [5.74, 6) is -0.175. The van der Waals surface area contributed by atoms with Gasteiger partial charge in [-0.2, -0.15) is 0 Å². The number of halogens is 1. The van der Waals surface area contributed by atoms with Crippen LogP contribution in [0.1, 0.15) is 34.3 Å². The number of anilines is 1. The molecule has 1 atom stereocenters. The minimum Gasteiger partial charge on any atom is -0.378 e. The Kier molecular flexibility index (Phi) is 5.15. The summed E-state index contributed by atoms with van der Waals surface area (Å²) < 4.78 is 0.739. The van der Waals surface area contributed by atoms with Crippen LogP contribution in [-0.4, -0.2) is 42.9 Å². The highest BCUT2D eigenvalue weighted by molar-refractivity contribution is 9.10. The van der Waals surface area contributed by atoms with Crippen LogP contribution in [0.2, 0.25) is 0 Å². The predicted molar refractivity (Wildman–Crippen MR) is 113 cm³/mol. The predicted octanol–water partition coefficient (Wildman–Crippen LogP) is 3.36. The lowest BCUT2D eigenvalue weighted by atomic mass is 9.92. The molecule has 1 heterocycles. The first-order valence-electron chi connectivity index (χ1n) is 9.59. The molecule has 1 N–H and O–H groups in total. The highest BCUT2D eigenvalue weighted by Gasteiger charge is 2.37. The van der Waals surface area contributed by atoms with Gasteiger partial charge in [-0.05, 0) is 58.1 Å². The Morgan fingerprint density at radius 2 is 1.82 bits per heavy atom. The maximum Gasteiger partial charge on any atom is 0.256 e. The molecule has 28 heavy (non-hydrogen) atoms. The fraction of sp³-hybridized carbons (Fsp3) is 0.364. The third-order valence-electron chi connectivity index (χ3n) is 5.43. The number of benzene rings is 2. The number of carbonyl (C=O) groups is 2. The maximum atomic E-state index is 13.5. The van der Waals surface area contributed by atoms with Crippen LogP contribution in [0.4, 0.5) is 5.69 Å². The van der Waals surface area contributed by atoms with Gasteiger partial charge < -0.3 is 15.1 Å². The lowest BCUT2D eigenvalue weighted by Crippen LogP contribution is -2.53. The average molecular weight is 442 g/mol. The molecule has 4 rings (SSSR count). The van der Waals surface area contributed by atoms with Crippen molar-refractivity contribution in [3.05, 3.63) is 63.6 Å². The molecule has 0 aromatic heterocycles. The van der Waals surface area contributed by atoms with E-state index in [1.807, 2.05) is 55.4 Å². The Labute approximate surface area is 173 Å². The standard InChI is InChI=1S/C22H24BrN3O2/c1-25(2)17-9-10-19(23)18(12-17)22(28)26-13-15-6-4-3-5-14(15)11-20(26)21(27)24-16-7-8-16/h3-6,9-10,12,16,20H,7-8,11,13H2,1-2H3,(H,24,27)/t20-/m0/s1. The van der Waals surface area contributed by atoms with Gasteiger partial charge in [0, 0.05) is 43.3 Å². The average Bonchev–Trinajstić information content (AvgIpc) is 3.50. The van der Waals surface area contributed by atoms with Crippen LogP contribution in [0.15, 0.2) is 46.9 Å². The Balaban J connectivity index is 1.69. The van der Waals surface area contributed by atoms with E-state index in [1.54, 1.807) is 4.90 Å². The van der Waals surface area contributed by atoms with E-state index in [0.717, 1.165) is 34.1 Å². The maximum absolute atomic E-state index is 13.5. The van der Waals surface area contributed by atoms with Gasteiger partial charge in [0.05, 0.1) is 5.56 Å². The number of rotatable bonds is 4. The second-order valence-corrected chi connectivity index (χ2v) is 8.62. The summed E-state index contributed by atoms with van der Waals surface area (Å²) in [4.78, 5) is 30.1. The monoisotopic (exact) mass is 441 g/mol. The molecule has 1 fully saturated rings. The molecule has 2 amide bonds. The van der Waals surface area contributed by atoms with Gasteiger partial charge in [-0.1, -0.05) is 24.3 Å². The summed E-state index contributed by atoms with van der Waals surface area (Å²) >= 11 is 3.52. The number of hydrogen-bond acceptors (Lipinski definition) is 3. The summed E-state index contributed by atoms with van der Waals surface area (Å²) in [6.07, 6.45) is 2.60. The molecule has 0 spiro atoms. The molecule has 2 aliphatic rings. The van der Waals surface area contributed by atoms with Crippen molar-refractivity contribution in [1.82, 2.24) is 10.2 Å². The number of nitrogens with one attached hydrogen (secondary N) is 1. The van der Waals surface area contributed by atoms with Crippen LogP contribution < -0.4 is 10.2 Å². The SMILES string of the molecule is CN(C)c1ccc(Br)c(C(=O)N2Cc3ccccc3C[C@H]2C(=O)NC2CC2)c1. The van der Waals surface area contributed by atoms with Crippen LogP contribution in [0, 0.1) is 0 Å². The third-order valence-corrected chi connectivity index (χ3v) is 6.12. The van der Waals surface area contributed by atoms with Crippen molar-refractivity contribution < 1.29 is 9.59 Å². The van der Waals surface area contributed by atoms with Crippen molar-refractivity contribution in [1.29, 1.82) is 0 Å². The number of carbonyl (C=O) groups excluding carboxylic acids is 2. The fourth-order valence-electron chi connectivity index (χ4n) is 3.61. The Morgan fingerprint density at radius 1 is 1.11 bits per heavy atom. The summed E-state index contributed by atoms with van der Waals surface area (Å²) in [5, 5.41) is 3.08. The van der Waals surface area contributed by atoms with Gasteiger partial charge in [-0.25, -0.2) is 0 Å². The van der Waals surface area contributed by atoms with E-state index in [2.05, 4.69) is 27.3 Å². The minimum absolute atomic E-state index is 0.0507. The quantitative estimate of drug-likeness (QED) is 0.790. The number of hydrogen-bond donors (Lipinski definition) is 1. The summed E-state index contributed by atoms with van der Waals surface area (Å²) in [6, 6.07) is 13.6. The minimum atomic E-state index is -0.488. The summed E-state index contributed by atoms with van der Waals surface area (Å²) in [6.45, 7) is 0.441. The highest BCUT2D eigenvalue weighted by atomic mass is 79.9. The van der Waals surface area contributed by atoms with Crippen molar-refractivity contribution in [2.24, 2.45) is 0 Å². The highest BCUT2D eigenvalue weighted by Crippen LogP contribution is 2.30. The van der Waals surface area contributed by atoms with E-state index in [4.69, 9.17) is 0 Å². The van der Waals surface area contributed by atoms with Crippen LogP contribution in [0.5, 0.6) is 0 Å². The number of amides is 2. The second-order valence-electron chi connectivity index (χ2n) is 7.76. The molecule has 1 aliphatic carbocycles. The summed E-state index contributed by atoms with van der Waals surface area (Å²) in [7, 11) is 3.89. The first kappa shape index (κ1) is 19.0. The first-order valence-corrected chi connectivity index (χ1v) is 10.4. The van der Waals surface area contributed by atoms with E-state index in [0.29, 0.717) is 18.5 Å². The van der Waals surface area contributed by atoms with Crippen LogP contribution >= 0.6 is 15.9 Å². The van der Waals surface area contributed by atoms with Crippen molar-refractivity contribution in [2.45, 2.75) is 37.9 Å². The van der Waals surface area contributed by atoms with Gasteiger partial charge in [0.25, 0.3) is 5.91 Å². The largest absolute Gasteiger partial charge is 0.378 e. The number of nitrogens with zero attached hydrogens (tertiary/aromatic N) is 2. The zero-order valence-electron chi connectivity index (χ0n) is 16.1. The smallest absolute Gasteiger partial charge is 0.256 e. The first-order chi connectivity index (χ1) is 13.4. The topological polar surface area (TPSA) is 52.7 Å². The van der Waals surface area contributed by atoms with Crippen LogP contribution in [-0.2, 0) is 17.8 Å². The molecule has 2 aromatic carbocycles. The van der Waals surface area contributed by atoms with Crippen molar-refractivity contribution in [2.75, 3.05) is 19.0 Å². The Bertz CT molecular complexity index is 924. The lowest BCUT2D eigenvalue weighted by Gasteiger charge is -2.36. The zero-order valence-corrected chi connectivity index (χ0v) is 17.7. The van der Waals surface area contributed by atoms with Crippen molar-refractivity contribution >= 4 is 33.4 Å². The molecule has 0 saturated heterocycles. The van der Waals surface area contributed by atoms with Crippen LogP contribution in [0.25, 0.3) is 0 Å². The van der Waals surface area contributed by atoms with E-state index < -0.39 is 6.04 Å². The Hall–Kier alpha value is -2.34. The van der Waals surface area contributed by atoms with E-state index in [1.165, 1.54) is 0 Å². The third kappa shape index (κ3) is 3.78. The van der Waals surface area contributed by atoms with Crippen molar-refractivity contribution in [3.63, 3.8) is 0 Å². The molecule has 146 valence electrons. The molecule has 1 aliphatic heterocycles. The molecule has 2 aromatic rings. The normalized spacial score (nSPS) is 18.4. The molecule has 6 heteroatoms. The second kappa shape index (κ2) is 7.59.